The fourth-order valence-corrected chi connectivity index (χ4v) is 2.50. The summed E-state index contributed by atoms with van der Waals surface area (Å²) in [5.41, 5.74) is 2.23. The quantitative estimate of drug-likeness (QED) is 0.707. The van der Waals surface area contributed by atoms with E-state index in [1.165, 1.54) is 12.1 Å². The Balaban J connectivity index is 1.46. The minimum Gasteiger partial charge on any atom is -0.484 e. The van der Waals surface area contributed by atoms with Crippen LogP contribution in [0, 0.1) is 12.7 Å². The van der Waals surface area contributed by atoms with Gasteiger partial charge in [0.1, 0.15) is 17.4 Å². The van der Waals surface area contributed by atoms with E-state index in [1.54, 1.807) is 24.3 Å². The van der Waals surface area contributed by atoms with Crippen molar-refractivity contribution in [2.75, 3.05) is 13.2 Å². The van der Waals surface area contributed by atoms with Crippen molar-refractivity contribution in [3.05, 3.63) is 58.6 Å². The van der Waals surface area contributed by atoms with Gasteiger partial charge in [-0.25, -0.2) is 9.37 Å². The first-order chi connectivity index (χ1) is 12.0. The van der Waals surface area contributed by atoms with Crippen molar-refractivity contribution in [3.63, 3.8) is 0 Å². The third-order valence-electron chi connectivity index (χ3n) is 3.68. The molecular formula is C18H17ClFN3O2. The highest BCUT2D eigenvalue weighted by Crippen LogP contribution is 2.20. The Morgan fingerprint density at radius 3 is 2.96 bits per heavy atom. The van der Waals surface area contributed by atoms with Gasteiger partial charge in [0.25, 0.3) is 5.91 Å². The largest absolute Gasteiger partial charge is 0.484 e. The molecule has 0 aliphatic heterocycles. The van der Waals surface area contributed by atoms with Crippen LogP contribution in [0.3, 0.4) is 0 Å². The summed E-state index contributed by atoms with van der Waals surface area (Å²) in [5.74, 6) is 0.742. The number of aryl methyl sites for hydroxylation is 1. The predicted octanol–water partition coefficient (Wildman–Crippen LogP) is 3.40. The van der Waals surface area contributed by atoms with Gasteiger partial charge in [0.2, 0.25) is 0 Å². The summed E-state index contributed by atoms with van der Waals surface area (Å²) in [7, 11) is 0. The summed E-state index contributed by atoms with van der Waals surface area (Å²) < 4.78 is 18.6. The molecule has 7 heteroatoms. The van der Waals surface area contributed by atoms with Crippen molar-refractivity contribution < 1.29 is 13.9 Å². The van der Waals surface area contributed by atoms with E-state index in [4.69, 9.17) is 16.3 Å². The highest BCUT2D eigenvalue weighted by atomic mass is 35.5. The zero-order valence-corrected chi connectivity index (χ0v) is 14.4. The summed E-state index contributed by atoms with van der Waals surface area (Å²) in [5, 5.41) is 3.41. The topological polar surface area (TPSA) is 67.0 Å². The van der Waals surface area contributed by atoms with Crippen molar-refractivity contribution in [3.8, 4) is 5.75 Å². The van der Waals surface area contributed by atoms with Crippen molar-refractivity contribution in [2.45, 2.75) is 13.3 Å². The summed E-state index contributed by atoms with van der Waals surface area (Å²) in [6.45, 7) is 2.20. The molecule has 0 bridgehead atoms. The lowest BCUT2D eigenvalue weighted by Crippen LogP contribution is -2.30. The Morgan fingerprint density at radius 1 is 1.32 bits per heavy atom. The van der Waals surface area contributed by atoms with Crippen molar-refractivity contribution in [2.24, 2.45) is 0 Å². The van der Waals surface area contributed by atoms with Gasteiger partial charge in [0.15, 0.2) is 6.61 Å². The second-order valence-corrected chi connectivity index (χ2v) is 6.05. The monoisotopic (exact) mass is 361 g/mol. The summed E-state index contributed by atoms with van der Waals surface area (Å²) in [6, 6.07) is 9.61. The number of hydrogen-bond donors (Lipinski definition) is 2. The number of carbonyl (C=O) groups excluding carboxylic acids is 1. The van der Waals surface area contributed by atoms with E-state index in [1.807, 2.05) is 6.92 Å². The number of hydrogen-bond acceptors (Lipinski definition) is 3. The number of amides is 1. The molecule has 2 aromatic carbocycles. The number of nitrogens with one attached hydrogen (secondary N) is 2. The molecule has 0 aliphatic carbocycles. The molecule has 0 fully saturated rings. The van der Waals surface area contributed by atoms with Gasteiger partial charge >= 0.3 is 0 Å². The van der Waals surface area contributed by atoms with Gasteiger partial charge in [0.05, 0.1) is 11.0 Å². The Labute approximate surface area is 149 Å². The number of rotatable bonds is 6. The van der Waals surface area contributed by atoms with E-state index in [2.05, 4.69) is 15.3 Å². The number of carbonyl (C=O) groups is 1. The zero-order valence-electron chi connectivity index (χ0n) is 13.6. The van der Waals surface area contributed by atoms with Gasteiger partial charge < -0.3 is 15.0 Å². The lowest BCUT2D eigenvalue weighted by atomic mass is 10.2. The lowest BCUT2D eigenvalue weighted by Gasteiger charge is -2.08. The van der Waals surface area contributed by atoms with Crippen LogP contribution in [0.2, 0.25) is 5.02 Å². The molecule has 1 heterocycles. The van der Waals surface area contributed by atoms with Gasteiger partial charge in [-0.3, -0.25) is 4.79 Å². The average molecular weight is 362 g/mol. The van der Waals surface area contributed by atoms with E-state index < -0.39 is 0 Å². The fraction of sp³-hybridized carbons (Fsp3) is 0.222. The summed E-state index contributed by atoms with van der Waals surface area (Å²) in [6.07, 6.45) is 0.516. The highest BCUT2D eigenvalue weighted by Gasteiger charge is 2.06. The van der Waals surface area contributed by atoms with E-state index in [9.17, 15) is 9.18 Å². The lowest BCUT2D eigenvalue weighted by molar-refractivity contribution is -0.123. The van der Waals surface area contributed by atoms with Crippen LogP contribution in [0.5, 0.6) is 5.75 Å². The second-order valence-electron chi connectivity index (χ2n) is 5.64. The molecule has 0 atom stereocenters. The van der Waals surface area contributed by atoms with Crippen molar-refractivity contribution >= 4 is 28.5 Å². The number of aromatic amines is 1. The number of nitrogens with zero attached hydrogens (tertiary/aromatic N) is 1. The number of halogens is 2. The molecular weight excluding hydrogens is 345 g/mol. The van der Waals surface area contributed by atoms with Gasteiger partial charge in [-0.05, 0) is 48.9 Å². The molecule has 1 aromatic heterocycles. The molecule has 0 saturated heterocycles. The molecule has 2 N–H and O–H groups in total. The highest BCUT2D eigenvalue weighted by molar-refractivity contribution is 6.31. The fourth-order valence-electron chi connectivity index (χ4n) is 2.38. The minimum absolute atomic E-state index is 0.0770. The van der Waals surface area contributed by atoms with Crippen LogP contribution in [0.25, 0.3) is 11.0 Å². The minimum atomic E-state index is -0.314. The molecule has 0 aliphatic rings. The molecule has 130 valence electrons. The van der Waals surface area contributed by atoms with Crippen LogP contribution in [0.4, 0.5) is 4.39 Å². The maximum absolute atomic E-state index is 13.1. The van der Waals surface area contributed by atoms with Crippen LogP contribution < -0.4 is 10.1 Å². The number of fused-ring (bicyclic) bond motifs is 1. The van der Waals surface area contributed by atoms with E-state index in [0.29, 0.717) is 40.6 Å². The molecule has 0 unspecified atom stereocenters. The number of ether oxygens (including phenoxy) is 1. The molecule has 1 amide bonds. The summed E-state index contributed by atoms with van der Waals surface area (Å²) in [4.78, 5) is 19.2. The third-order valence-corrected chi connectivity index (χ3v) is 4.10. The number of aromatic nitrogens is 2. The van der Waals surface area contributed by atoms with E-state index in [0.717, 1.165) is 5.56 Å². The molecule has 0 spiro atoms. The first kappa shape index (κ1) is 17.2. The van der Waals surface area contributed by atoms with Crippen LogP contribution in [0.1, 0.15) is 11.4 Å². The first-order valence-electron chi connectivity index (χ1n) is 7.81. The molecule has 3 aromatic rings. The molecule has 3 rings (SSSR count). The van der Waals surface area contributed by atoms with Gasteiger partial charge in [-0.2, -0.15) is 0 Å². The van der Waals surface area contributed by atoms with Crippen LogP contribution in [-0.4, -0.2) is 29.0 Å². The Morgan fingerprint density at radius 2 is 2.16 bits per heavy atom. The van der Waals surface area contributed by atoms with Gasteiger partial charge in [-0.1, -0.05) is 11.6 Å². The number of benzene rings is 2. The van der Waals surface area contributed by atoms with Crippen molar-refractivity contribution in [1.29, 1.82) is 0 Å². The number of imidazole rings is 1. The Kier molecular flexibility index (Phi) is 5.19. The predicted molar refractivity (Wildman–Crippen MR) is 94.4 cm³/mol. The van der Waals surface area contributed by atoms with Gasteiger partial charge in [-0.15, -0.1) is 0 Å². The molecule has 5 nitrogen and oxygen atoms in total. The third kappa shape index (κ3) is 4.48. The Hall–Kier alpha value is -2.60. The normalized spacial score (nSPS) is 10.8. The summed E-state index contributed by atoms with van der Waals surface area (Å²) >= 11 is 5.94. The SMILES string of the molecule is Cc1cc(OCC(=O)NCCc2nc3ccc(F)cc3[nH]2)ccc1Cl. The van der Waals surface area contributed by atoms with E-state index in [-0.39, 0.29) is 18.3 Å². The van der Waals surface area contributed by atoms with Crippen LogP contribution in [0.15, 0.2) is 36.4 Å². The maximum Gasteiger partial charge on any atom is 0.257 e. The standard InChI is InChI=1S/C18H17ClFN3O2/c1-11-8-13(3-4-14(11)19)25-10-18(24)21-7-6-17-22-15-5-2-12(20)9-16(15)23-17/h2-5,8-9H,6-7,10H2,1H3,(H,21,24)(H,22,23). The average Bonchev–Trinajstić information content (AvgIpc) is 2.97. The second kappa shape index (κ2) is 7.53. The smallest absolute Gasteiger partial charge is 0.257 e. The Bertz CT molecular complexity index is 910. The molecule has 0 radical (unpaired) electrons. The molecule has 0 saturated carbocycles. The zero-order chi connectivity index (χ0) is 17.8. The maximum atomic E-state index is 13.1. The van der Waals surface area contributed by atoms with E-state index >= 15 is 0 Å². The van der Waals surface area contributed by atoms with Crippen LogP contribution >= 0.6 is 11.6 Å². The first-order valence-corrected chi connectivity index (χ1v) is 8.19. The number of H-pyrrole nitrogens is 1. The molecule has 25 heavy (non-hydrogen) atoms. The van der Waals surface area contributed by atoms with Crippen molar-refractivity contribution in [1.82, 2.24) is 15.3 Å². The van der Waals surface area contributed by atoms with Gasteiger partial charge in [0, 0.05) is 18.0 Å². The van der Waals surface area contributed by atoms with Crippen LogP contribution in [-0.2, 0) is 11.2 Å².